The maximum Gasteiger partial charge on any atom is 0.573 e. The van der Waals surface area contributed by atoms with Gasteiger partial charge in [0, 0.05) is 32.7 Å². The summed E-state index contributed by atoms with van der Waals surface area (Å²) in [5.41, 5.74) is -2.02. The van der Waals surface area contributed by atoms with Crippen molar-refractivity contribution in [3.8, 4) is 17.2 Å². The van der Waals surface area contributed by atoms with E-state index in [9.17, 15) is 27.6 Å². The van der Waals surface area contributed by atoms with Crippen LogP contribution in [0, 0.1) is 5.92 Å². The minimum atomic E-state index is -4.80. The Morgan fingerprint density at radius 2 is 1.45 bits per heavy atom. The Kier molecular flexibility index (Phi) is 10.0. The molecular formula is C31H36F3N5O8. The molecule has 0 aliphatic carbocycles. The molecule has 4 heterocycles. The molecule has 4 saturated heterocycles. The molecule has 4 amide bonds. The van der Waals surface area contributed by atoms with Crippen LogP contribution in [0.3, 0.4) is 0 Å². The zero-order chi connectivity index (χ0) is 33.8. The summed E-state index contributed by atoms with van der Waals surface area (Å²) >= 11 is 0. The molecule has 1 spiro atoms. The zero-order valence-corrected chi connectivity index (χ0v) is 25.6. The molecule has 0 bridgehead atoms. The highest BCUT2D eigenvalue weighted by molar-refractivity contribution is 6.22. The molecule has 13 nitrogen and oxygen atoms in total. The molecule has 0 unspecified atom stereocenters. The average molecular weight is 664 g/mol. The standard InChI is InChI=1S/C30H34F3N5O6.CH2O2/c1-36-12-10-20(11-13-36)16-37-14-15-42-28(17-37)18-38(19-28)29(25(39)34-27(41)35-26(29)40)21-2-4-22(5-3-21)43-23-6-8-24(9-7-23)44-30(31,32)33;2-1-3/h2-9,20H,10-19H2,1H3,(H2,34,35,39,40,41);1H,(H,2,3). The molecule has 254 valence electrons. The maximum absolute atomic E-state index is 13.5. The van der Waals surface area contributed by atoms with Crippen LogP contribution in [0.2, 0.25) is 0 Å². The lowest BCUT2D eigenvalue weighted by Gasteiger charge is -2.59. The minimum absolute atomic E-state index is 0.250. The molecule has 0 atom stereocenters. The summed E-state index contributed by atoms with van der Waals surface area (Å²) in [6, 6.07) is 10.2. The Morgan fingerprint density at radius 1 is 0.915 bits per heavy atom. The molecule has 0 saturated carbocycles. The number of imide groups is 2. The van der Waals surface area contributed by atoms with Gasteiger partial charge in [-0.3, -0.25) is 34.8 Å². The van der Waals surface area contributed by atoms with Gasteiger partial charge in [0.1, 0.15) is 22.8 Å². The molecule has 3 N–H and O–H groups in total. The summed E-state index contributed by atoms with van der Waals surface area (Å²) in [6.07, 6.45) is -2.49. The van der Waals surface area contributed by atoms with Crippen LogP contribution in [0.5, 0.6) is 17.2 Å². The third-order valence-corrected chi connectivity index (χ3v) is 8.79. The van der Waals surface area contributed by atoms with Crippen molar-refractivity contribution in [2.75, 3.05) is 59.5 Å². The number of carbonyl (C=O) groups is 4. The first-order valence-electron chi connectivity index (χ1n) is 15.0. The van der Waals surface area contributed by atoms with Crippen LogP contribution in [-0.2, 0) is 24.7 Å². The molecule has 0 aromatic heterocycles. The number of carboxylic acid groups (broad SMARTS) is 1. The number of hydrogen-bond donors (Lipinski definition) is 3. The van der Waals surface area contributed by atoms with Gasteiger partial charge in [0.2, 0.25) is 5.54 Å². The van der Waals surface area contributed by atoms with Crippen LogP contribution in [-0.4, -0.2) is 116 Å². The average Bonchev–Trinajstić information content (AvgIpc) is 2.99. The van der Waals surface area contributed by atoms with Crippen molar-refractivity contribution < 1.29 is 51.7 Å². The SMILES string of the molecule is CN1CCC(CN2CCOC3(C2)CN(C2(c4ccc(Oc5ccc(OC(F)(F)F)cc5)cc4)C(=O)NC(=O)NC2=O)C3)CC1.O=CO. The summed E-state index contributed by atoms with van der Waals surface area (Å²) in [4.78, 5) is 53.9. The second-order valence-electron chi connectivity index (χ2n) is 12.1. The number of carbonyl (C=O) groups excluding carboxylic acids is 3. The van der Waals surface area contributed by atoms with Crippen LogP contribution >= 0.6 is 0 Å². The number of halogens is 3. The van der Waals surface area contributed by atoms with E-state index >= 15 is 0 Å². The Morgan fingerprint density at radius 3 is 2.00 bits per heavy atom. The van der Waals surface area contributed by atoms with Crippen LogP contribution in [0.15, 0.2) is 48.5 Å². The molecule has 2 aromatic rings. The fraction of sp³-hybridized carbons (Fsp3) is 0.484. The number of amides is 4. The minimum Gasteiger partial charge on any atom is -0.483 e. The van der Waals surface area contributed by atoms with Crippen molar-refractivity contribution in [2.45, 2.75) is 30.3 Å². The number of piperidine rings is 1. The van der Waals surface area contributed by atoms with Gasteiger partial charge in [-0.25, -0.2) is 4.79 Å². The Bertz CT molecular complexity index is 1420. The number of hydrogen-bond acceptors (Lipinski definition) is 10. The quantitative estimate of drug-likeness (QED) is 0.296. The lowest BCUT2D eigenvalue weighted by molar-refractivity contribution is -0.274. The Hall–Kier alpha value is -4.25. The van der Waals surface area contributed by atoms with E-state index in [-0.39, 0.29) is 18.0 Å². The lowest BCUT2D eigenvalue weighted by Crippen LogP contribution is -2.80. The predicted octanol–water partition coefficient (Wildman–Crippen LogP) is 2.37. The highest BCUT2D eigenvalue weighted by Gasteiger charge is 2.63. The molecule has 0 radical (unpaired) electrons. The van der Waals surface area contributed by atoms with Crippen molar-refractivity contribution in [3.05, 3.63) is 54.1 Å². The van der Waals surface area contributed by atoms with Crippen molar-refractivity contribution in [2.24, 2.45) is 5.92 Å². The van der Waals surface area contributed by atoms with Crippen LogP contribution < -0.4 is 20.1 Å². The first-order chi connectivity index (χ1) is 22.4. The molecule has 4 aliphatic heterocycles. The molecule has 47 heavy (non-hydrogen) atoms. The molecule has 2 aromatic carbocycles. The Labute approximate surface area is 268 Å². The van der Waals surface area contributed by atoms with Crippen molar-refractivity contribution in [1.82, 2.24) is 25.3 Å². The van der Waals surface area contributed by atoms with E-state index in [1.54, 1.807) is 29.2 Å². The normalized spacial score (nSPS) is 21.9. The fourth-order valence-corrected chi connectivity index (χ4v) is 6.63. The van der Waals surface area contributed by atoms with Crippen molar-refractivity contribution in [3.63, 3.8) is 0 Å². The third kappa shape index (κ3) is 7.67. The second kappa shape index (κ2) is 13.9. The number of nitrogens with one attached hydrogen (secondary N) is 2. The van der Waals surface area contributed by atoms with E-state index in [0.717, 1.165) is 51.2 Å². The molecular weight excluding hydrogens is 627 g/mol. The van der Waals surface area contributed by atoms with E-state index in [1.165, 1.54) is 12.1 Å². The third-order valence-electron chi connectivity index (χ3n) is 8.79. The highest BCUT2D eigenvalue weighted by Crippen LogP contribution is 2.42. The Balaban J connectivity index is 0.00000139. The number of benzene rings is 2. The molecule has 4 aliphatic rings. The van der Waals surface area contributed by atoms with Gasteiger partial charge in [0.05, 0.1) is 6.61 Å². The van der Waals surface area contributed by atoms with E-state index in [4.69, 9.17) is 19.4 Å². The smallest absolute Gasteiger partial charge is 0.483 e. The van der Waals surface area contributed by atoms with Crippen LogP contribution in [0.4, 0.5) is 18.0 Å². The number of likely N-dealkylation sites (tertiary alicyclic amines) is 2. The molecule has 4 fully saturated rings. The largest absolute Gasteiger partial charge is 0.573 e. The topological polar surface area (TPSA) is 150 Å². The van der Waals surface area contributed by atoms with Gasteiger partial charge in [-0.05, 0) is 80.9 Å². The highest BCUT2D eigenvalue weighted by atomic mass is 19.4. The number of urea groups is 1. The van der Waals surface area contributed by atoms with E-state index in [2.05, 4.69) is 32.2 Å². The van der Waals surface area contributed by atoms with E-state index in [0.29, 0.717) is 43.5 Å². The van der Waals surface area contributed by atoms with Crippen LogP contribution in [0.25, 0.3) is 0 Å². The predicted molar refractivity (Wildman–Crippen MR) is 159 cm³/mol. The summed E-state index contributed by atoms with van der Waals surface area (Å²) in [5.74, 6) is -0.698. The van der Waals surface area contributed by atoms with Crippen molar-refractivity contribution in [1.29, 1.82) is 0 Å². The van der Waals surface area contributed by atoms with Gasteiger partial charge in [0.15, 0.2) is 0 Å². The van der Waals surface area contributed by atoms with E-state index in [1.807, 2.05) is 0 Å². The van der Waals surface area contributed by atoms with Gasteiger partial charge in [-0.1, -0.05) is 12.1 Å². The van der Waals surface area contributed by atoms with Gasteiger partial charge >= 0.3 is 12.4 Å². The van der Waals surface area contributed by atoms with Crippen molar-refractivity contribution >= 4 is 24.3 Å². The first-order valence-corrected chi connectivity index (χ1v) is 15.0. The summed E-state index contributed by atoms with van der Waals surface area (Å²) < 4.78 is 53.2. The molecule has 6 rings (SSSR count). The summed E-state index contributed by atoms with van der Waals surface area (Å²) in [5, 5.41) is 11.4. The van der Waals surface area contributed by atoms with E-state index < -0.39 is 35.3 Å². The van der Waals surface area contributed by atoms with Crippen LogP contribution in [0.1, 0.15) is 18.4 Å². The number of barbiturate groups is 1. The number of nitrogens with zero attached hydrogens (tertiary/aromatic N) is 3. The van der Waals surface area contributed by atoms with Gasteiger partial charge in [-0.2, -0.15) is 0 Å². The van der Waals surface area contributed by atoms with Gasteiger partial charge < -0.3 is 24.2 Å². The molecule has 16 heteroatoms. The zero-order valence-electron chi connectivity index (χ0n) is 25.6. The number of morpholine rings is 1. The fourth-order valence-electron chi connectivity index (χ4n) is 6.63. The van der Waals surface area contributed by atoms with Gasteiger partial charge in [-0.15, -0.1) is 13.2 Å². The number of rotatable bonds is 7. The number of ether oxygens (including phenoxy) is 3. The maximum atomic E-state index is 13.5. The second-order valence-corrected chi connectivity index (χ2v) is 12.1. The lowest BCUT2D eigenvalue weighted by atomic mass is 9.78. The summed E-state index contributed by atoms with van der Waals surface area (Å²) in [7, 11) is 2.14. The summed E-state index contributed by atoms with van der Waals surface area (Å²) in [6.45, 7) is 5.62. The van der Waals surface area contributed by atoms with Gasteiger partial charge in [0.25, 0.3) is 18.3 Å². The monoisotopic (exact) mass is 663 g/mol. The number of alkyl halides is 3. The first kappa shape index (κ1) is 34.1.